The van der Waals surface area contributed by atoms with Gasteiger partial charge in [0, 0.05) is 0 Å². The molecule has 0 fully saturated rings. The topological polar surface area (TPSA) is 52.3 Å². The fourth-order valence-electron chi connectivity index (χ4n) is 0.0278. The maximum absolute atomic E-state index is 9.67. The molecule has 0 saturated heterocycles. The highest BCUT2D eigenvalue weighted by molar-refractivity contribution is 7.80. The van der Waals surface area contributed by atoms with E-state index >= 15 is 0 Å². The van der Waals surface area contributed by atoms with Gasteiger partial charge in [-0.15, -0.1) is 0 Å². The number of nitrogens with two attached hydrogens (primary N) is 1. The maximum Gasteiger partial charge on any atom is 0.360 e. The Morgan fingerprint density at radius 1 is 2.00 bits per heavy atom. The molecule has 4 heteroatoms. The molecule has 6 heavy (non-hydrogen) atoms. The minimum Gasteiger partial charge on any atom is -0.369 e. The quantitative estimate of drug-likeness (QED) is 0.357. The van der Waals surface area contributed by atoms with Crippen LogP contribution >= 0.6 is 12.2 Å². The molecule has 0 aromatic heterocycles. The second-order valence-electron chi connectivity index (χ2n) is 0.555. The van der Waals surface area contributed by atoms with Gasteiger partial charge in [-0.1, -0.05) is 12.2 Å². The van der Waals surface area contributed by atoms with Gasteiger partial charge in [0.15, 0.2) is 0 Å². The molecule has 0 aliphatic rings. The third kappa shape index (κ3) is 1.80. The molecule has 0 aliphatic heterocycles. The van der Waals surface area contributed by atoms with Crippen LogP contribution in [0.25, 0.3) is 0 Å². The van der Waals surface area contributed by atoms with Gasteiger partial charge in [-0.05, 0) is 0 Å². The lowest BCUT2D eigenvalue weighted by Gasteiger charge is -1.80. The second kappa shape index (κ2) is 2.74. The van der Waals surface area contributed by atoms with Crippen molar-refractivity contribution in [2.24, 2.45) is 5.90 Å². The lowest BCUT2D eigenvalue weighted by molar-refractivity contribution is -0.135. The number of thiocarbonyl (C=S) groups is 1. The molecule has 0 rings (SSSR count). The van der Waals surface area contributed by atoms with Gasteiger partial charge in [0.05, 0.1) is 5.37 Å². The largest absolute Gasteiger partial charge is 0.369 e. The van der Waals surface area contributed by atoms with E-state index in [9.17, 15) is 4.79 Å². The average Bonchev–Trinajstić information content (AvgIpc) is 1.65. The molecular formula is C2H3NO2S. The van der Waals surface area contributed by atoms with Crippen molar-refractivity contribution in [3.8, 4) is 0 Å². The summed E-state index contributed by atoms with van der Waals surface area (Å²) >= 11 is 4.09. The van der Waals surface area contributed by atoms with Gasteiger partial charge >= 0.3 is 5.97 Å². The summed E-state index contributed by atoms with van der Waals surface area (Å²) in [5.74, 6) is 3.65. The second-order valence-corrected chi connectivity index (χ2v) is 0.790. The molecule has 0 aromatic rings. The molecule has 2 N–H and O–H groups in total. The van der Waals surface area contributed by atoms with Crippen molar-refractivity contribution in [2.75, 3.05) is 0 Å². The van der Waals surface area contributed by atoms with Crippen molar-refractivity contribution >= 4 is 23.6 Å². The molecule has 34 valence electrons. The maximum atomic E-state index is 9.67. The summed E-state index contributed by atoms with van der Waals surface area (Å²) in [5.41, 5.74) is 0. The molecule has 0 aliphatic carbocycles. The van der Waals surface area contributed by atoms with Crippen LogP contribution in [0.2, 0.25) is 0 Å². The standard InChI is InChI=1S/C2H3NO2S/c3-5-2(4)1-6/h1H,3H2. The van der Waals surface area contributed by atoms with Crippen LogP contribution in [0.15, 0.2) is 0 Å². The highest BCUT2D eigenvalue weighted by atomic mass is 32.1. The van der Waals surface area contributed by atoms with Gasteiger partial charge < -0.3 is 4.84 Å². The Balaban J connectivity index is 3.23. The zero-order chi connectivity index (χ0) is 4.99. The molecule has 0 saturated carbocycles. The predicted molar refractivity (Wildman–Crippen MR) is 23.9 cm³/mol. The molecule has 0 atom stereocenters. The summed E-state index contributed by atoms with van der Waals surface area (Å²) < 4.78 is 0. The molecule has 0 unspecified atom stereocenters. The van der Waals surface area contributed by atoms with Crippen molar-refractivity contribution in [1.29, 1.82) is 0 Å². The summed E-state index contributed by atoms with van der Waals surface area (Å²) in [6.45, 7) is 0. The van der Waals surface area contributed by atoms with Crippen LogP contribution < -0.4 is 5.90 Å². The Morgan fingerprint density at radius 3 is 2.50 bits per heavy atom. The molecular weight excluding hydrogens is 102 g/mol. The van der Waals surface area contributed by atoms with E-state index in [2.05, 4.69) is 23.0 Å². The summed E-state index contributed by atoms with van der Waals surface area (Å²) in [7, 11) is 0. The SMILES string of the molecule is NOC(=O)C=S. The lowest BCUT2D eigenvalue weighted by Crippen LogP contribution is -2.08. The number of hydrogen-bond acceptors (Lipinski definition) is 4. The molecule has 0 heterocycles. The van der Waals surface area contributed by atoms with Gasteiger partial charge in [0.25, 0.3) is 0 Å². The minimum atomic E-state index is -0.690. The van der Waals surface area contributed by atoms with Crippen LogP contribution in [-0.2, 0) is 9.63 Å². The average molecular weight is 105 g/mol. The van der Waals surface area contributed by atoms with E-state index < -0.39 is 5.97 Å². The van der Waals surface area contributed by atoms with Crippen molar-refractivity contribution in [3.63, 3.8) is 0 Å². The fraction of sp³-hybridized carbons (Fsp3) is 0. The Hall–Kier alpha value is -0.480. The van der Waals surface area contributed by atoms with E-state index in [1.54, 1.807) is 0 Å². The van der Waals surface area contributed by atoms with Crippen LogP contribution in [-0.4, -0.2) is 11.3 Å². The number of carbonyl (C=O) groups is 1. The molecule has 0 spiro atoms. The molecule has 0 aromatic carbocycles. The molecule has 0 amide bonds. The van der Waals surface area contributed by atoms with Crippen LogP contribution in [0.5, 0.6) is 0 Å². The van der Waals surface area contributed by atoms with E-state index in [0.717, 1.165) is 5.37 Å². The first-order chi connectivity index (χ1) is 2.81. The summed E-state index contributed by atoms with van der Waals surface area (Å²) in [6.07, 6.45) is 0. The van der Waals surface area contributed by atoms with Crippen LogP contribution in [0.4, 0.5) is 0 Å². The predicted octanol–water partition coefficient (Wildman–Crippen LogP) is -0.597. The highest BCUT2D eigenvalue weighted by Gasteiger charge is 1.85. The number of rotatable bonds is 1. The van der Waals surface area contributed by atoms with E-state index in [1.807, 2.05) is 0 Å². The summed E-state index contributed by atoms with van der Waals surface area (Å²) in [4.78, 5) is 13.3. The Morgan fingerprint density at radius 2 is 2.50 bits per heavy atom. The zero-order valence-electron chi connectivity index (χ0n) is 2.88. The normalized spacial score (nSPS) is 6.83. The summed E-state index contributed by atoms with van der Waals surface area (Å²) in [5, 5.41) is 0.819. The third-order valence-corrected chi connectivity index (χ3v) is 0.405. The van der Waals surface area contributed by atoms with E-state index in [4.69, 9.17) is 0 Å². The third-order valence-electron chi connectivity index (χ3n) is 0.212. The van der Waals surface area contributed by atoms with Gasteiger partial charge in [-0.25, -0.2) is 4.79 Å². The van der Waals surface area contributed by atoms with Gasteiger partial charge in [0.2, 0.25) is 0 Å². The molecule has 0 bridgehead atoms. The zero-order valence-corrected chi connectivity index (χ0v) is 3.70. The van der Waals surface area contributed by atoms with Gasteiger partial charge in [-0.3, -0.25) is 0 Å². The van der Waals surface area contributed by atoms with Gasteiger partial charge in [-0.2, -0.15) is 5.90 Å². The molecule has 0 radical (unpaired) electrons. The number of hydrogen-bond donors (Lipinski definition) is 1. The van der Waals surface area contributed by atoms with Crippen LogP contribution in [0, 0.1) is 0 Å². The van der Waals surface area contributed by atoms with Crippen LogP contribution in [0.3, 0.4) is 0 Å². The van der Waals surface area contributed by atoms with Gasteiger partial charge in [0.1, 0.15) is 0 Å². The monoisotopic (exact) mass is 105 g/mol. The lowest BCUT2D eigenvalue weighted by atomic mass is 10.8. The van der Waals surface area contributed by atoms with E-state index in [0.29, 0.717) is 0 Å². The Labute approximate surface area is 40.0 Å². The Bertz CT molecular complexity index is 71.9. The van der Waals surface area contributed by atoms with Crippen molar-refractivity contribution in [1.82, 2.24) is 0 Å². The Kier molecular flexibility index (Phi) is 2.52. The first kappa shape index (κ1) is 5.52. The fourth-order valence-corrected chi connectivity index (χ4v) is 0.0833. The van der Waals surface area contributed by atoms with Crippen LogP contribution in [0.1, 0.15) is 0 Å². The summed E-state index contributed by atoms with van der Waals surface area (Å²) in [6, 6.07) is 0. The van der Waals surface area contributed by atoms with Crippen molar-refractivity contribution in [3.05, 3.63) is 0 Å². The first-order valence-corrected chi connectivity index (χ1v) is 1.64. The van der Waals surface area contributed by atoms with E-state index in [1.165, 1.54) is 0 Å². The first-order valence-electron chi connectivity index (χ1n) is 1.17. The highest BCUT2D eigenvalue weighted by Crippen LogP contribution is 1.57. The van der Waals surface area contributed by atoms with Crippen molar-refractivity contribution in [2.45, 2.75) is 0 Å². The van der Waals surface area contributed by atoms with Crippen molar-refractivity contribution < 1.29 is 9.63 Å². The minimum absolute atomic E-state index is 0.690. The number of carbonyl (C=O) groups excluding carboxylic acids is 1. The molecule has 3 nitrogen and oxygen atoms in total. The smallest absolute Gasteiger partial charge is 0.360 e. The van der Waals surface area contributed by atoms with E-state index in [-0.39, 0.29) is 0 Å².